The van der Waals surface area contributed by atoms with Gasteiger partial charge in [-0.1, -0.05) is 0 Å². The Balaban J connectivity index is 1.72. The van der Waals surface area contributed by atoms with Gasteiger partial charge in [0.1, 0.15) is 73.2 Å². The molecule has 36 heavy (non-hydrogen) atoms. The zero-order chi connectivity index (χ0) is 26.7. The molecule has 0 aromatic carbocycles. The van der Waals surface area contributed by atoms with Crippen molar-refractivity contribution in [1.29, 1.82) is 0 Å². The summed E-state index contributed by atoms with van der Waals surface area (Å²) in [7, 11) is 2.64. The Morgan fingerprint density at radius 1 is 0.528 bits per heavy atom. The van der Waals surface area contributed by atoms with Crippen LogP contribution in [-0.4, -0.2) is 172 Å². The third-order valence-electron chi connectivity index (χ3n) is 6.39. The molecule has 0 aliphatic carbocycles. The van der Waals surface area contributed by atoms with Gasteiger partial charge in [0.2, 0.25) is 0 Å². The van der Waals surface area contributed by atoms with E-state index in [2.05, 4.69) is 0 Å². The van der Waals surface area contributed by atoms with Crippen molar-refractivity contribution in [2.75, 3.05) is 34.0 Å². The van der Waals surface area contributed by atoms with E-state index in [9.17, 15) is 46.0 Å². The third kappa shape index (κ3) is 6.15. The van der Waals surface area contributed by atoms with E-state index in [-0.39, 0.29) is 13.2 Å². The topological polar surface area (TPSA) is 247 Å². The Morgan fingerprint density at radius 3 is 1.56 bits per heavy atom. The second-order valence-corrected chi connectivity index (χ2v) is 8.88. The highest BCUT2D eigenvalue weighted by Gasteiger charge is 2.53. The molecule has 0 bridgehead atoms. The Kier molecular flexibility index (Phi) is 10.8. The van der Waals surface area contributed by atoms with Crippen LogP contribution in [0.3, 0.4) is 0 Å². The van der Waals surface area contributed by atoms with E-state index in [1.165, 1.54) is 14.2 Å². The molecule has 3 rings (SSSR count). The second kappa shape index (κ2) is 12.9. The summed E-state index contributed by atoms with van der Waals surface area (Å²) in [6.45, 7) is -1.11. The average Bonchev–Trinajstić information content (AvgIpc) is 2.85. The van der Waals surface area contributed by atoms with Gasteiger partial charge < -0.3 is 79.1 Å². The van der Waals surface area contributed by atoms with Crippen LogP contribution in [0.4, 0.5) is 0 Å². The van der Waals surface area contributed by atoms with Crippen LogP contribution in [-0.2, 0) is 33.2 Å². The molecule has 0 radical (unpaired) electrons. The lowest BCUT2D eigenvalue weighted by molar-refractivity contribution is -0.378. The van der Waals surface area contributed by atoms with Crippen molar-refractivity contribution < 1.29 is 79.1 Å². The fourth-order valence-electron chi connectivity index (χ4n) is 4.36. The van der Waals surface area contributed by atoms with E-state index in [1.54, 1.807) is 0 Å². The maximum absolute atomic E-state index is 10.7. The summed E-state index contributed by atoms with van der Waals surface area (Å²) in [6.07, 6.45) is -23.5. The molecule has 0 amide bonds. The summed E-state index contributed by atoms with van der Waals surface area (Å²) < 4.78 is 37.2. The number of aliphatic hydroxyl groups is 9. The van der Waals surface area contributed by atoms with Crippen LogP contribution in [0.25, 0.3) is 0 Å². The zero-order valence-electron chi connectivity index (χ0n) is 19.7. The molecule has 0 saturated carbocycles. The van der Waals surface area contributed by atoms with Gasteiger partial charge >= 0.3 is 0 Å². The molecule has 9 N–H and O–H groups in total. The van der Waals surface area contributed by atoms with Gasteiger partial charge in [-0.2, -0.15) is 0 Å². The molecule has 3 heterocycles. The maximum atomic E-state index is 10.7. The standard InChI is InChI=1S/C20H36O16/c1-30-4-7-9(22)10(23)14(27)19(34-7)35-16-6(3-21)33-20(15(28)12(16)25)36-17-8(5-31-2)32-18(29)13(26)11(17)24/h6-29H,3-5H2,1-2H3/t6-,7-,8-,9-,10+,11-,12-,13-,14-,15-,16-,17-,18-,19-,20-/m1/s1. The third-order valence-corrected chi connectivity index (χ3v) is 6.39. The van der Waals surface area contributed by atoms with E-state index in [4.69, 9.17) is 33.2 Å². The summed E-state index contributed by atoms with van der Waals surface area (Å²) in [4.78, 5) is 0. The van der Waals surface area contributed by atoms with Crippen LogP contribution >= 0.6 is 0 Å². The number of ether oxygens (including phenoxy) is 7. The van der Waals surface area contributed by atoms with Crippen LogP contribution in [0.5, 0.6) is 0 Å². The maximum Gasteiger partial charge on any atom is 0.187 e. The molecular weight excluding hydrogens is 496 g/mol. The first kappa shape index (κ1) is 29.9. The Labute approximate surface area is 206 Å². The molecule has 212 valence electrons. The summed E-state index contributed by atoms with van der Waals surface area (Å²) in [5, 5.41) is 91.8. The van der Waals surface area contributed by atoms with Gasteiger partial charge in [-0.3, -0.25) is 0 Å². The van der Waals surface area contributed by atoms with Gasteiger partial charge in [0.25, 0.3) is 0 Å². The number of hydrogen-bond acceptors (Lipinski definition) is 16. The highest BCUT2D eigenvalue weighted by atomic mass is 16.8. The van der Waals surface area contributed by atoms with Gasteiger partial charge in [-0.05, 0) is 0 Å². The number of rotatable bonds is 9. The summed E-state index contributed by atoms with van der Waals surface area (Å²) in [5.41, 5.74) is 0. The molecule has 0 unspecified atom stereocenters. The van der Waals surface area contributed by atoms with Crippen molar-refractivity contribution in [3.63, 3.8) is 0 Å². The monoisotopic (exact) mass is 532 g/mol. The SMILES string of the molecule is COC[C@H]1O[C@H](O[C@H]2[C@H](O)[C@@H](O)[C@@H](O[C@H]3[C@H](O)[C@@H](O)[C@H](O)O[C@@H]3COC)O[C@@H]2CO)[C@H](O)[C@@H](O)[C@@H]1O. The van der Waals surface area contributed by atoms with E-state index >= 15 is 0 Å². The van der Waals surface area contributed by atoms with Crippen molar-refractivity contribution in [2.45, 2.75) is 92.1 Å². The van der Waals surface area contributed by atoms with Crippen LogP contribution in [0.2, 0.25) is 0 Å². The molecule has 15 atom stereocenters. The van der Waals surface area contributed by atoms with Gasteiger partial charge in [0, 0.05) is 14.2 Å². The van der Waals surface area contributed by atoms with Crippen molar-refractivity contribution >= 4 is 0 Å². The normalized spacial score (nSPS) is 50.2. The summed E-state index contributed by atoms with van der Waals surface area (Å²) in [5.74, 6) is 0. The van der Waals surface area contributed by atoms with Gasteiger partial charge in [-0.15, -0.1) is 0 Å². The molecule has 16 nitrogen and oxygen atoms in total. The van der Waals surface area contributed by atoms with Crippen molar-refractivity contribution in [1.82, 2.24) is 0 Å². The molecule has 0 aromatic rings. The summed E-state index contributed by atoms with van der Waals surface area (Å²) >= 11 is 0. The number of hydrogen-bond donors (Lipinski definition) is 9. The summed E-state index contributed by atoms with van der Waals surface area (Å²) in [6, 6.07) is 0. The lowest BCUT2D eigenvalue weighted by Crippen LogP contribution is -2.66. The van der Waals surface area contributed by atoms with E-state index in [1.807, 2.05) is 0 Å². The minimum Gasteiger partial charge on any atom is -0.394 e. The highest BCUT2D eigenvalue weighted by molar-refractivity contribution is 4.96. The van der Waals surface area contributed by atoms with Crippen molar-refractivity contribution in [2.24, 2.45) is 0 Å². The first-order valence-corrected chi connectivity index (χ1v) is 11.4. The minimum absolute atomic E-state index is 0.161. The fourth-order valence-corrected chi connectivity index (χ4v) is 4.36. The molecule has 0 spiro atoms. The van der Waals surface area contributed by atoms with E-state index < -0.39 is 98.7 Å². The Bertz CT molecular complexity index is 670. The predicted molar refractivity (Wildman–Crippen MR) is 111 cm³/mol. The van der Waals surface area contributed by atoms with Crippen LogP contribution < -0.4 is 0 Å². The number of aliphatic hydroxyl groups excluding tert-OH is 9. The molecular formula is C20H36O16. The van der Waals surface area contributed by atoms with Crippen molar-refractivity contribution in [3.05, 3.63) is 0 Å². The van der Waals surface area contributed by atoms with Gasteiger partial charge in [0.15, 0.2) is 18.9 Å². The first-order valence-electron chi connectivity index (χ1n) is 11.4. The molecule has 0 aromatic heterocycles. The van der Waals surface area contributed by atoms with E-state index in [0.29, 0.717) is 0 Å². The van der Waals surface area contributed by atoms with Crippen LogP contribution in [0, 0.1) is 0 Å². The average molecular weight is 532 g/mol. The molecule has 3 fully saturated rings. The minimum atomic E-state index is -1.84. The smallest absolute Gasteiger partial charge is 0.187 e. The Morgan fingerprint density at radius 2 is 1.00 bits per heavy atom. The lowest BCUT2D eigenvalue weighted by atomic mass is 9.96. The molecule has 3 saturated heterocycles. The van der Waals surface area contributed by atoms with Gasteiger partial charge in [-0.25, -0.2) is 0 Å². The zero-order valence-corrected chi connectivity index (χ0v) is 19.7. The predicted octanol–water partition coefficient (Wildman–Crippen LogP) is -6.26. The largest absolute Gasteiger partial charge is 0.394 e. The molecule has 3 aliphatic heterocycles. The van der Waals surface area contributed by atoms with Gasteiger partial charge in [0.05, 0.1) is 19.8 Å². The lowest BCUT2D eigenvalue weighted by Gasteiger charge is -2.48. The van der Waals surface area contributed by atoms with Crippen LogP contribution in [0.15, 0.2) is 0 Å². The molecule has 3 aliphatic rings. The number of methoxy groups -OCH3 is 2. The quantitative estimate of drug-likeness (QED) is 0.134. The fraction of sp³-hybridized carbons (Fsp3) is 1.00. The highest BCUT2D eigenvalue weighted by Crippen LogP contribution is 2.32. The van der Waals surface area contributed by atoms with Crippen molar-refractivity contribution in [3.8, 4) is 0 Å². The molecule has 16 heteroatoms. The second-order valence-electron chi connectivity index (χ2n) is 8.88. The first-order chi connectivity index (χ1) is 17.0. The Hall–Kier alpha value is -0.640. The van der Waals surface area contributed by atoms with Crippen LogP contribution in [0.1, 0.15) is 0 Å². The van der Waals surface area contributed by atoms with E-state index in [0.717, 1.165) is 0 Å².